The minimum Gasteiger partial charge on any atom is -0.756 e. The molecule has 0 saturated carbocycles. The summed E-state index contributed by atoms with van der Waals surface area (Å²) >= 11 is 0. The van der Waals surface area contributed by atoms with E-state index < -0.39 is 20.0 Å². The highest BCUT2D eigenvalue weighted by atomic mass is 31.2. The molecule has 0 aliphatic heterocycles. The number of rotatable bonds is 78. The first kappa shape index (κ1) is 89.2. The summed E-state index contributed by atoms with van der Waals surface area (Å²) in [6.07, 6.45) is 95.4. The molecule has 0 fully saturated rings. The van der Waals surface area contributed by atoms with Gasteiger partial charge in [0.2, 0.25) is 5.91 Å². The van der Waals surface area contributed by atoms with E-state index in [1.165, 1.54) is 392 Å². The maximum atomic E-state index is 13.1. The Labute approximate surface area is 564 Å². The maximum absolute atomic E-state index is 13.1. The lowest BCUT2D eigenvalue weighted by atomic mass is 10.0. The van der Waals surface area contributed by atoms with Gasteiger partial charge >= 0.3 is 0 Å². The third-order valence-corrected chi connectivity index (χ3v) is 20.5. The highest BCUT2D eigenvalue weighted by Gasteiger charge is 2.23. The van der Waals surface area contributed by atoms with Crippen molar-refractivity contribution in [3.8, 4) is 0 Å². The second kappa shape index (κ2) is 72.5. The van der Waals surface area contributed by atoms with Crippen LogP contribution in [0.15, 0.2) is 12.2 Å². The molecule has 0 bridgehead atoms. The van der Waals surface area contributed by atoms with Crippen LogP contribution in [0.2, 0.25) is 0 Å². The Morgan fingerprint density at radius 2 is 0.600 bits per heavy atom. The Morgan fingerprint density at radius 1 is 0.378 bits per heavy atom. The molecule has 2 N–H and O–H groups in total. The zero-order valence-corrected chi connectivity index (χ0v) is 62.8. The molecule has 0 aromatic heterocycles. The van der Waals surface area contributed by atoms with Crippen molar-refractivity contribution < 1.29 is 32.9 Å². The van der Waals surface area contributed by atoms with Gasteiger partial charge in [-0.05, 0) is 19.3 Å². The van der Waals surface area contributed by atoms with Gasteiger partial charge in [0, 0.05) is 6.42 Å². The quantitative estimate of drug-likeness (QED) is 0.0272. The number of phosphoric ester groups is 1. The van der Waals surface area contributed by atoms with Gasteiger partial charge in [0.15, 0.2) is 0 Å². The van der Waals surface area contributed by atoms with E-state index in [2.05, 4.69) is 19.2 Å². The Hall–Kier alpha value is -0.760. The number of phosphoric acid groups is 1. The van der Waals surface area contributed by atoms with Crippen LogP contribution in [0.1, 0.15) is 450 Å². The lowest BCUT2D eigenvalue weighted by Gasteiger charge is -2.29. The molecule has 90 heavy (non-hydrogen) atoms. The van der Waals surface area contributed by atoms with Gasteiger partial charge in [0.05, 0.1) is 39.9 Å². The monoisotopic (exact) mass is 1290 g/mol. The highest BCUT2D eigenvalue weighted by Crippen LogP contribution is 2.38. The molecule has 0 radical (unpaired) electrons. The SMILES string of the molecule is CCCCCCCCCCCCCCCCCCCCCCCCCCCCCCC/C=C/C(O)C(COP(=O)([O-])OCC[N+](C)(C)C)NC(=O)CCCCCCCCCCCCCCCCCCCCCCCCCCCCCCCCCCCCCCC. The van der Waals surface area contributed by atoms with Gasteiger partial charge in [-0.25, -0.2) is 0 Å². The first-order chi connectivity index (χ1) is 44.0. The predicted octanol–water partition coefficient (Wildman–Crippen LogP) is 26.2. The molecule has 538 valence electrons. The molecule has 8 nitrogen and oxygen atoms in total. The molecule has 3 atom stereocenters. The molecule has 0 spiro atoms. The molecule has 9 heteroatoms. The van der Waals surface area contributed by atoms with Gasteiger partial charge in [-0.15, -0.1) is 0 Å². The summed E-state index contributed by atoms with van der Waals surface area (Å²) in [5, 5.41) is 14.0. The lowest BCUT2D eigenvalue weighted by molar-refractivity contribution is -0.870. The molecule has 0 heterocycles. The molecular weight excluding hydrogens is 1130 g/mol. The van der Waals surface area contributed by atoms with Gasteiger partial charge in [0.1, 0.15) is 13.2 Å². The van der Waals surface area contributed by atoms with E-state index in [0.29, 0.717) is 17.4 Å². The molecule has 3 unspecified atom stereocenters. The van der Waals surface area contributed by atoms with Gasteiger partial charge in [-0.3, -0.25) is 9.36 Å². The Bertz CT molecular complexity index is 1470. The number of aliphatic hydroxyl groups excluding tert-OH is 1. The Kier molecular flexibility index (Phi) is 71.9. The number of hydrogen-bond acceptors (Lipinski definition) is 6. The molecule has 0 aliphatic rings. The van der Waals surface area contributed by atoms with Gasteiger partial charge < -0.3 is 28.8 Å². The normalized spacial score (nSPS) is 13.5. The Balaban J connectivity index is 3.91. The average molecular weight is 1290 g/mol. The maximum Gasteiger partial charge on any atom is 0.268 e. The van der Waals surface area contributed by atoms with Crippen molar-refractivity contribution in [3.05, 3.63) is 12.2 Å². The molecule has 0 aliphatic carbocycles. The highest BCUT2D eigenvalue weighted by molar-refractivity contribution is 7.45. The van der Waals surface area contributed by atoms with Gasteiger partial charge in [-0.1, -0.05) is 437 Å². The van der Waals surface area contributed by atoms with Crippen molar-refractivity contribution >= 4 is 13.7 Å². The second-order valence-corrected chi connectivity index (χ2v) is 31.3. The van der Waals surface area contributed by atoms with Crippen LogP contribution >= 0.6 is 7.82 Å². The summed E-state index contributed by atoms with van der Waals surface area (Å²) in [7, 11) is 1.29. The van der Waals surface area contributed by atoms with E-state index in [-0.39, 0.29) is 19.1 Å². The number of allylic oxidation sites excluding steroid dienone is 1. The first-order valence-electron chi connectivity index (χ1n) is 41.1. The average Bonchev–Trinajstić information content (AvgIpc) is 3.39. The minimum absolute atomic E-state index is 0.00319. The third-order valence-electron chi connectivity index (χ3n) is 19.5. The van der Waals surface area contributed by atoms with Crippen LogP contribution < -0.4 is 10.2 Å². The van der Waals surface area contributed by atoms with Crippen LogP contribution in [0.3, 0.4) is 0 Å². The van der Waals surface area contributed by atoms with E-state index >= 15 is 0 Å². The van der Waals surface area contributed by atoms with E-state index in [0.717, 1.165) is 38.5 Å². The number of likely N-dealkylation sites (N-methyl/N-ethyl adjacent to an activating group) is 1. The van der Waals surface area contributed by atoms with Crippen molar-refractivity contribution in [1.82, 2.24) is 5.32 Å². The predicted molar refractivity (Wildman–Crippen MR) is 395 cm³/mol. The number of amides is 1. The zero-order chi connectivity index (χ0) is 65.5. The van der Waals surface area contributed by atoms with E-state index in [4.69, 9.17) is 9.05 Å². The Morgan fingerprint density at radius 3 is 0.833 bits per heavy atom. The minimum atomic E-state index is -4.60. The fourth-order valence-corrected chi connectivity index (χ4v) is 13.9. The lowest BCUT2D eigenvalue weighted by Crippen LogP contribution is -2.45. The summed E-state index contributed by atoms with van der Waals surface area (Å²) in [6, 6.07) is -0.885. The number of unbranched alkanes of at least 4 members (excludes halogenated alkanes) is 65. The molecule has 1 amide bonds. The smallest absolute Gasteiger partial charge is 0.268 e. The van der Waals surface area contributed by atoms with Crippen LogP contribution in [-0.4, -0.2) is 68.5 Å². The van der Waals surface area contributed by atoms with Crippen molar-refractivity contribution in [3.63, 3.8) is 0 Å². The number of nitrogens with one attached hydrogen (secondary N) is 1. The molecule has 0 aromatic rings. The summed E-state index contributed by atoms with van der Waals surface area (Å²) in [4.78, 5) is 25.7. The summed E-state index contributed by atoms with van der Waals surface area (Å²) < 4.78 is 23.5. The van der Waals surface area contributed by atoms with Crippen molar-refractivity contribution in [1.29, 1.82) is 0 Å². The van der Waals surface area contributed by atoms with Crippen molar-refractivity contribution in [2.24, 2.45) is 0 Å². The number of hydrogen-bond donors (Lipinski definition) is 2. The van der Waals surface area contributed by atoms with Crippen LogP contribution in [0.25, 0.3) is 0 Å². The number of nitrogens with zero attached hydrogens (tertiary/aromatic N) is 1. The van der Waals surface area contributed by atoms with Crippen LogP contribution in [0.5, 0.6) is 0 Å². The molecule has 0 rings (SSSR count). The second-order valence-electron chi connectivity index (χ2n) is 29.8. The topological polar surface area (TPSA) is 108 Å². The number of carbonyl (C=O) groups is 1. The van der Waals surface area contributed by atoms with Crippen LogP contribution in [0.4, 0.5) is 0 Å². The van der Waals surface area contributed by atoms with Crippen LogP contribution in [-0.2, 0) is 18.4 Å². The first-order valence-corrected chi connectivity index (χ1v) is 42.5. The summed E-state index contributed by atoms with van der Waals surface area (Å²) in [5.74, 6) is -0.185. The van der Waals surface area contributed by atoms with Gasteiger partial charge in [0.25, 0.3) is 7.82 Å². The van der Waals surface area contributed by atoms with Gasteiger partial charge in [-0.2, -0.15) is 0 Å². The van der Waals surface area contributed by atoms with Crippen molar-refractivity contribution in [2.75, 3.05) is 40.9 Å². The van der Waals surface area contributed by atoms with E-state index in [1.54, 1.807) is 6.08 Å². The van der Waals surface area contributed by atoms with E-state index in [1.807, 2.05) is 27.2 Å². The fourth-order valence-electron chi connectivity index (χ4n) is 13.2. The summed E-state index contributed by atoms with van der Waals surface area (Å²) in [6.45, 7) is 4.74. The third kappa shape index (κ3) is 74.6. The standard InChI is InChI=1S/C81H163N2O6P/c1-6-8-10-12-14-16-18-20-22-24-26-28-30-32-34-36-38-39-40-41-42-43-45-47-49-51-53-55-57-59-61-63-65-67-69-71-73-75-81(85)82-79(78-89-90(86,87)88-77-76-83(3,4)5)80(84)74-72-70-68-66-64-62-60-58-56-54-52-50-48-46-44-37-35-33-31-29-27-25-23-21-19-17-15-13-11-9-7-2/h72,74,79-80,84H,6-71,73,75-78H2,1-5H3,(H-,82,85,86,87)/b74-72+. The summed E-state index contributed by atoms with van der Waals surface area (Å²) in [5.41, 5.74) is 0. The molecule has 0 saturated heterocycles. The van der Waals surface area contributed by atoms with Crippen molar-refractivity contribution in [2.45, 2.75) is 463 Å². The number of aliphatic hydroxyl groups is 1. The van der Waals surface area contributed by atoms with Crippen LogP contribution in [0, 0.1) is 0 Å². The molecule has 0 aromatic carbocycles. The largest absolute Gasteiger partial charge is 0.756 e. The van der Waals surface area contributed by atoms with E-state index in [9.17, 15) is 19.4 Å². The molecular formula is C81H163N2O6P. The fraction of sp³-hybridized carbons (Fsp3) is 0.963. The number of carbonyl (C=O) groups excluding carboxylic acids is 1. The number of quaternary nitrogens is 1. The zero-order valence-electron chi connectivity index (χ0n) is 61.9.